The maximum Gasteiger partial charge on any atom is 0.0199 e. The number of rotatable bonds is 4. The standard InChI is InChI=1S/C45H30/c1-2-7-29(8-3-1)41-35(25-28-26-36-19-17-30-9-4-10-31-18-20-37(27-28)44(36)42(30)31)13-6-14-39(41)38-23-21-34-16-15-32-11-5-12-33-22-24-40(38)45(34)43(32)33/h1-24,26-27,33,43H,25H2. The van der Waals surface area contributed by atoms with Gasteiger partial charge < -0.3 is 0 Å². The van der Waals surface area contributed by atoms with Crippen LogP contribution in [0.2, 0.25) is 0 Å². The molecule has 45 heavy (non-hydrogen) atoms. The quantitative estimate of drug-likeness (QED) is 0.185. The molecule has 0 N–H and O–H groups in total. The molecule has 210 valence electrons. The fraction of sp³-hybridized carbons (Fsp3) is 0.0667. The molecule has 3 aliphatic rings. The lowest BCUT2D eigenvalue weighted by molar-refractivity contribution is 0.665. The molecule has 0 aromatic heterocycles. The molecule has 10 rings (SSSR count). The molecule has 0 heterocycles. The molecule has 0 nitrogen and oxygen atoms in total. The van der Waals surface area contributed by atoms with Crippen molar-refractivity contribution in [3.05, 3.63) is 179 Å². The maximum atomic E-state index is 2.41. The van der Waals surface area contributed by atoms with Gasteiger partial charge in [-0.05, 0) is 94.4 Å². The van der Waals surface area contributed by atoms with Crippen LogP contribution >= 0.6 is 0 Å². The largest absolute Gasteiger partial charge is 0.0767 e. The van der Waals surface area contributed by atoms with Crippen LogP contribution in [-0.2, 0) is 6.42 Å². The Morgan fingerprint density at radius 2 is 1.31 bits per heavy atom. The zero-order chi connectivity index (χ0) is 29.5. The van der Waals surface area contributed by atoms with Crippen LogP contribution in [0.3, 0.4) is 0 Å². The Labute approximate surface area is 263 Å². The van der Waals surface area contributed by atoms with E-state index >= 15 is 0 Å². The minimum Gasteiger partial charge on any atom is -0.0767 e. The first-order valence-electron chi connectivity index (χ1n) is 16.1. The van der Waals surface area contributed by atoms with E-state index in [1.807, 2.05) is 0 Å². The molecule has 0 heteroatoms. The summed E-state index contributed by atoms with van der Waals surface area (Å²) in [5, 5.41) is 8.03. The van der Waals surface area contributed by atoms with Gasteiger partial charge in [-0.25, -0.2) is 0 Å². The predicted octanol–water partition coefficient (Wildman–Crippen LogP) is 11.8. The van der Waals surface area contributed by atoms with E-state index in [0.29, 0.717) is 11.8 Å². The summed E-state index contributed by atoms with van der Waals surface area (Å²) in [4.78, 5) is 0. The topological polar surface area (TPSA) is 0 Å². The second-order valence-electron chi connectivity index (χ2n) is 12.8. The van der Waals surface area contributed by atoms with Crippen molar-refractivity contribution in [2.75, 3.05) is 0 Å². The van der Waals surface area contributed by atoms with Crippen LogP contribution in [0, 0.1) is 5.92 Å². The second kappa shape index (κ2) is 9.52. The highest BCUT2D eigenvalue weighted by molar-refractivity contribution is 6.23. The summed E-state index contributed by atoms with van der Waals surface area (Å²) in [6.07, 6.45) is 17.2. The third kappa shape index (κ3) is 3.72. The average Bonchev–Trinajstić information content (AvgIpc) is 3.10. The lowest BCUT2D eigenvalue weighted by Crippen LogP contribution is -2.21. The highest BCUT2D eigenvalue weighted by atomic mass is 14.4. The van der Waals surface area contributed by atoms with Crippen molar-refractivity contribution in [3.63, 3.8) is 0 Å². The predicted molar refractivity (Wildman–Crippen MR) is 192 cm³/mol. The monoisotopic (exact) mass is 570 g/mol. The molecule has 0 saturated carbocycles. The number of benzene rings is 7. The van der Waals surface area contributed by atoms with Gasteiger partial charge in [0.25, 0.3) is 0 Å². The molecular weight excluding hydrogens is 540 g/mol. The molecule has 2 unspecified atom stereocenters. The van der Waals surface area contributed by atoms with E-state index in [1.54, 1.807) is 0 Å². The van der Waals surface area contributed by atoms with E-state index in [-0.39, 0.29) is 0 Å². The molecule has 0 saturated heterocycles. The molecule has 0 radical (unpaired) electrons. The van der Waals surface area contributed by atoms with Gasteiger partial charge in [0.1, 0.15) is 0 Å². The van der Waals surface area contributed by atoms with Crippen LogP contribution in [0.4, 0.5) is 0 Å². The number of hydrogen-bond acceptors (Lipinski definition) is 0. The van der Waals surface area contributed by atoms with Gasteiger partial charge in [0, 0.05) is 11.8 Å². The van der Waals surface area contributed by atoms with E-state index in [2.05, 4.69) is 158 Å². The van der Waals surface area contributed by atoms with Crippen molar-refractivity contribution in [2.45, 2.75) is 12.3 Å². The van der Waals surface area contributed by atoms with Gasteiger partial charge in [0.15, 0.2) is 0 Å². The molecule has 3 aliphatic carbocycles. The Bertz CT molecular complexity index is 2380. The molecule has 0 spiro atoms. The first kappa shape index (κ1) is 24.9. The Morgan fingerprint density at radius 3 is 2.13 bits per heavy atom. The van der Waals surface area contributed by atoms with E-state index in [4.69, 9.17) is 0 Å². The molecule has 7 aromatic carbocycles. The molecule has 7 aromatic rings. The SMILES string of the molecule is C1=CC2C=Cc3c(-c4cccc(Cc5cc6ccc7cccc8ccc(c5)c6c78)c4-c4ccccc4)ccc4c3C2C(=C1)C=C4. The van der Waals surface area contributed by atoms with E-state index < -0.39 is 0 Å². The van der Waals surface area contributed by atoms with Gasteiger partial charge in [-0.2, -0.15) is 0 Å². The van der Waals surface area contributed by atoms with Crippen LogP contribution in [0.25, 0.3) is 66.7 Å². The zero-order valence-corrected chi connectivity index (χ0v) is 24.9. The fourth-order valence-electron chi connectivity index (χ4n) is 8.44. The van der Waals surface area contributed by atoms with Crippen molar-refractivity contribution in [3.8, 4) is 22.3 Å². The Kier molecular flexibility index (Phi) is 5.27. The molecular formula is C45H30. The third-order valence-corrected chi connectivity index (χ3v) is 10.4. The summed E-state index contributed by atoms with van der Waals surface area (Å²) in [5.74, 6) is 0.824. The lowest BCUT2D eigenvalue weighted by atomic mass is 9.67. The summed E-state index contributed by atoms with van der Waals surface area (Å²) >= 11 is 0. The number of hydrogen-bond donors (Lipinski definition) is 0. The summed E-state index contributed by atoms with van der Waals surface area (Å²) in [5.41, 5.74) is 13.6. The molecule has 0 amide bonds. The van der Waals surface area contributed by atoms with Crippen LogP contribution in [0.5, 0.6) is 0 Å². The molecule has 0 fully saturated rings. The molecule has 0 aliphatic heterocycles. The first-order chi connectivity index (χ1) is 22.3. The van der Waals surface area contributed by atoms with Crippen LogP contribution in [0.1, 0.15) is 33.7 Å². The average molecular weight is 571 g/mol. The minimum atomic E-state index is 0.401. The van der Waals surface area contributed by atoms with Gasteiger partial charge in [-0.15, -0.1) is 0 Å². The van der Waals surface area contributed by atoms with E-state index in [9.17, 15) is 0 Å². The van der Waals surface area contributed by atoms with Crippen LogP contribution in [0.15, 0.2) is 151 Å². The Hall–Kier alpha value is -5.46. The fourth-order valence-corrected chi connectivity index (χ4v) is 8.44. The first-order valence-corrected chi connectivity index (χ1v) is 16.1. The normalized spacial score (nSPS) is 17.7. The van der Waals surface area contributed by atoms with Crippen molar-refractivity contribution in [2.24, 2.45) is 5.92 Å². The molecule has 2 atom stereocenters. The maximum absolute atomic E-state index is 2.41. The van der Waals surface area contributed by atoms with Gasteiger partial charge in [0.2, 0.25) is 0 Å². The Balaban J connectivity index is 1.17. The number of allylic oxidation sites excluding steroid dienone is 6. The van der Waals surface area contributed by atoms with Crippen molar-refractivity contribution >= 4 is 44.5 Å². The summed E-state index contributed by atoms with van der Waals surface area (Å²) in [6, 6.07) is 43.2. The highest BCUT2D eigenvalue weighted by Crippen LogP contribution is 2.50. The van der Waals surface area contributed by atoms with Crippen molar-refractivity contribution in [1.29, 1.82) is 0 Å². The smallest absolute Gasteiger partial charge is 0.0199 e. The third-order valence-electron chi connectivity index (χ3n) is 10.4. The van der Waals surface area contributed by atoms with E-state index in [1.165, 1.54) is 88.0 Å². The zero-order valence-electron chi connectivity index (χ0n) is 24.9. The van der Waals surface area contributed by atoms with Gasteiger partial charge in [-0.1, -0.05) is 158 Å². The van der Waals surface area contributed by atoms with Gasteiger partial charge in [-0.3, -0.25) is 0 Å². The van der Waals surface area contributed by atoms with Gasteiger partial charge >= 0.3 is 0 Å². The minimum absolute atomic E-state index is 0.401. The lowest BCUT2D eigenvalue weighted by Gasteiger charge is -2.36. The van der Waals surface area contributed by atoms with Crippen LogP contribution < -0.4 is 0 Å². The second-order valence-corrected chi connectivity index (χ2v) is 12.8. The van der Waals surface area contributed by atoms with Crippen molar-refractivity contribution in [1.82, 2.24) is 0 Å². The van der Waals surface area contributed by atoms with Crippen LogP contribution in [-0.4, -0.2) is 0 Å². The Morgan fingerprint density at radius 1 is 0.556 bits per heavy atom. The van der Waals surface area contributed by atoms with Crippen molar-refractivity contribution < 1.29 is 0 Å². The summed E-state index contributed by atoms with van der Waals surface area (Å²) in [7, 11) is 0. The highest BCUT2D eigenvalue weighted by Gasteiger charge is 2.33. The van der Waals surface area contributed by atoms with Gasteiger partial charge in [0.05, 0.1) is 0 Å². The summed E-state index contributed by atoms with van der Waals surface area (Å²) in [6.45, 7) is 0. The molecule has 0 bridgehead atoms. The van der Waals surface area contributed by atoms with E-state index in [0.717, 1.165) is 6.42 Å². The summed E-state index contributed by atoms with van der Waals surface area (Å²) < 4.78 is 0.